The Morgan fingerprint density at radius 3 is 2.86 bits per heavy atom. The summed E-state index contributed by atoms with van der Waals surface area (Å²) >= 11 is 5.67. The third kappa shape index (κ3) is 4.92. The Morgan fingerprint density at radius 1 is 1.48 bits per heavy atom. The van der Waals surface area contributed by atoms with Crippen molar-refractivity contribution in [3.05, 3.63) is 34.6 Å². The molecule has 0 bridgehead atoms. The predicted octanol–water partition coefficient (Wildman–Crippen LogP) is 2.29. The van der Waals surface area contributed by atoms with Gasteiger partial charge in [0.1, 0.15) is 5.82 Å². The number of hydrogen-bond donors (Lipinski definition) is 2. The van der Waals surface area contributed by atoms with Gasteiger partial charge in [-0.2, -0.15) is 0 Å². The Bertz CT molecular complexity index is 601. The van der Waals surface area contributed by atoms with E-state index in [1.807, 2.05) is 0 Å². The third-order valence-corrected chi connectivity index (χ3v) is 5.33. The second-order valence-corrected chi connectivity index (χ2v) is 8.13. The van der Waals surface area contributed by atoms with Crippen molar-refractivity contribution in [1.82, 2.24) is 10.0 Å². The summed E-state index contributed by atoms with van der Waals surface area (Å²) in [7, 11) is -3.46. The van der Waals surface area contributed by atoms with Crippen LogP contribution in [-0.4, -0.2) is 28.1 Å². The van der Waals surface area contributed by atoms with Gasteiger partial charge in [-0.05, 0) is 42.5 Å². The van der Waals surface area contributed by atoms with Gasteiger partial charge in [0.25, 0.3) is 0 Å². The molecule has 0 radical (unpaired) electrons. The molecule has 1 saturated heterocycles. The third-order valence-electron chi connectivity index (χ3n) is 3.75. The molecule has 1 aromatic rings. The molecule has 0 amide bonds. The number of hydrogen-bond acceptors (Lipinski definition) is 3. The van der Waals surface area contributed by atoms with Crippen LogP contribution in [0, 0.1) is 11.2 Å². The maximum Gasteiger partial charge on any atom is 0.215 e. The van der Waals surface area contributed by atoms with E-state index in [4.69, 9.17) is 11.6 Å². The number of rotatable bonds is 5. The molecule has 2 N–H and O–H groups in total. The molecule has 1 aliphatic heterocycles. The highest BCUT2D eigenvalue weighted by atomic mass is 35.5. The van der Waals surface area contributed by atoms with Crippen LogP contribution in [0.2, 0.25) is 5.02 Å². The summed E-state index contributed by atoms with van der Waals surface area (Å²) in [6, 6.07) is 3.96. The van der Waals surface area contributed by atoms with Crippen LogP contribution in [0.15, 0.2) is 18.2 Å². The molecule has 0 aliphatic carbocycles. The number of piperidine rings is 1. The number of nitrogens with one attached hydrogen (secondary N) is 2. The van der Waals surface area contributed by atoms with Crippen molar-refractivity contribution in [3.63, 3.8) is 0 Å². The average Bonchev–Trinajstić information content (AvgIpc) is 2.42. The molecule has 1 aliphatic rings. The first-order valence-electron chi connectivity index (χ1n) is 6.92. The second kappa shape index (κ2) is 6.60. The van der Waals surface area contributed by atoms with Gasteiger partial charge in [-0.1, -0.05) is 24.6 Å². The van der Waals surface area contributed by atoms with Crippen LogP contribution in [0.3, 0.4) is 0 Å². The Kier molecular flexibility index (Phi) is 5.24. The summed E-state index contributed by atoms with van der Waals surface area (Å²) < 4.78 is 39.9. The van der Waals surface area contributed by atoms with Gasteiger partial charge in [-0.3, -0.25) is 0 Å². The van der Waals surface area contributed by atoms with E-state index in [1.165, 1.54) is 18.2 Å². The van der Waals surface area contributed by atoms with Gasteiger partial charge in [0.05, 0.1) is 10.8 Å². The highest BCUT2D eigenvalue weighted by Gasteiger charge is 2.28. The molecule has 1 heterocycles. The zero-order valence-corrected chi connectivity index (χ0v) is 13.5. The summed E-state index contributed by atoms with van der Waals surface area (Å²) in [4.78, 5) is 0. The second-order valence-electron chi connectivity index (χ2n) is 5.92. The normalized spacial score (nSPS) is 23.2. The van der Waals surface area contributed by atoms with Crippen molar-refractivity contribution >= 4 is 21.6 Å². The van der Waals surface area contributed by atoms with Gasteiger partial charge in [0.2, 0.25) is 10.0 Å². The fourth-order valence-electron chi connectivity index (χ4n) is 2.45. The fourth-order valence-corrected chi connectivity index (χ4v) is 3.95. The molecule has 1 unspecified atom stereocenters. The van der Waals surface area contributed by atoms with E-state index in [0.29, 0.717) is 12.1 Å². The van der Waals surface area contributed by atoms with Crippen LogP contribution in [0.5, 0.6) is 0 Å². The van der Waals surface area contributed by atoms with Crippen molar-refractivity contribution in [2.45, 2.75) is 25.5 Å². The average molecular weight is 335 g/mol. The molecule has 21 heavy (non-hydrogen) atoms. The Balaban J connectivity index is 1.96. The molecule has 4 nitrogen and oxygen atoms in total. The molecule has 1 fully saturated rings. The summed E-state index contributed by atoms with van der Waals surface area (Å²) in [5, 5.41) is 3.22. The lowest BCUT2D eigenvalue weighted by molar-refractivity contribution is 0.238. The van der Waals surface area contributed by atoms with E-state index in [2.05, 4.69) is 17.0 Å². The van der Waals surface area contributed by atoms with Gasteiger partial charge < -0.3 is 5.32 Å². The first-order chi connectivity index (χ1) is 9.80. The van der Waals surface area contributed by atoms with Gasteiger partial charge in [-0.25, -0.2) is 17.5 Å². The van der Waals surface area contributed by atoms with Gasteiger partial charge >= 0.3 is 0 Å². The molecule has 1 aromatic carbocycles. The maximum absolute atomic E-state index is 13.1. The Hall–Kier alpha value is -0.690. The molecule has 7 heteroatoms. The SMILES string of the molecule is CC1(CNS(=O)(=O)Cc2ccc(F)c(Cl)c2)CCCNC1. The van der Waals surface area contributed by atoms with Gasteiger partial charge in [0.15, 0.2) is 0 Å². The first-order valence-corrected chi connectivity index (χ1v) is 8.95. The largest absolute Gasteiger partial charge is 0.316 e. The van der Waals surface area contributed by atoms with E-state index in [-0.39, 0.29) is 16.2 Å². The van der Waals surface area contributed by atoms with Crippen molar-refractivity contribution in [2.75, 3.05) is 19.6 Å². The topological polar surface area (TPSA) is 58.2 Å². The van der Waals surface area contributed by atoms with Crippen LogP contribution in [-0.2, 0) is 15.8 Å². The zero-order chi connectivity index (χ0) is 15.5. The lowest BCUT2D eigenvalue weighted by Gasteiger charge is -2.34. The summed E-state index contributed by atoms with van der Waals surface area (Å²) in [5.74, 6) is -0.747. The number of benzene rings is 1. The highest BCUT2D eigenvalue weighted by Crippen LogP contribution is 2.24. The minimum absolute atomic E-state index is 0.0637. The molecule has 0 aromatic heterocycles. The van der Waals surface area contributed by atoms with Crippen molar-refractivity contribution < 1.29 is 12.8 Å². The molecular weight excluding hydrogens is 315 g/mol. The molecule has 0 spiro atoms. The molecule has 118 valence electrons. The van der Waals surface area contributed by atoms with Crippen molar-refractivity contribution in [3.8, 4) is 0 Å². The summed E-state index contributed by atoms with van der Waals surface area (Å²) in [6.45, 7) is 4.25. The van der Waals surface area contributed by atoms with Crippen LogP contribution in [0.25, 0.3) is 0 Å². The Morgan fingerprint density at radius 2 is 2.24 bits per heavy atom. The lowest BCUT2D eigenvalue weighted by Crippen LogP contribution is -2.45. The smallest absolute Gasteiger partial charge is 0.215 e. The quantitative estimate of drug-likeness (QED) is 0.868. The maximum atomic E-state index is 13.1. The number of sulfonamides is 1. The minimum atomic E-state index is -3.46. The molecular formula is C14H20ClFN2O2S. The van der Waals surface area contributed by atoms with Crippen LogP contribution in [0.4, 0.5) is 4.39 Å². The van der Waals surface area contributed by atoms with E-state index in [0.717, 1.165) is 25.9 Å². The predicted molar refractivity (Wildman–Crippen MR) is 82.2 cm³/mol. The van der Waals surface area contributed by atoms with Crippen LogP contribution < -0.4 is 10.0 Å². The highest BCUT2D eigenvalue weighted by molar-refractivity contribution is 7.88. The van der Waals surface area contributed by atoms with Crippen molar-refractivity contribution in [2.24, 2.45) is 5.41 Å². The van der Waals surface area contributed by atoms with E-state index in [1.54, 1.807) is 0 Å². The van der Waals surface area contributed by atoms with Gasteiger partial charge in [-0.15, -0.1) is 0 Å². The molecule has 2 rings (SSSR count). The molecule has 1 atom stereocenters. The summed E-state index contributed by atoms with van der Waals surface area (Å²) in [6.07, 6.45) is 2.04. The fraction of sp³-hybridized carbons (Fsp3) is 0.571. The van der Waals surface area contributed by atoms with Gasteiger partial charge in [0, 0.05) is 13.1 Å². The van der Waals surface area contributed by atoms with E-state index >= 15 is 0 Å². The first kappa shape index (κ1) is 16.7. The monoisotopic (exact) mass is 334 g/mol. The Labute approximate surface area is 130 Å². The minimum Gasteiger partial charge on any atom is -0.316 e. The standard InChI is InChI=1S/C14H20ClFN2O2S/c1-14(5-2-6-17-9-14)10-18-21(19,20)8-11-3-4-13(16)12(15)7-11/h3-4,7,17-18H,2,5-6,8-10H2,1H3. The van der Waals surface area contributed by atoms with E-state index in [9.17, 15) is 12.8 Å². The molecule has 0 saturated carbocycles. The number of halogens is 2. The van der Waals surface area contributed by atoms with E-state index < -0.39 is 15.8 Å². The van der Waals surface area contributed by atoms with Crippen molar-refractivity contribution in [1.29, 1.82) is 0 Å². The lowest BCUT2D eigenvalue weighted by atomic mass is 9.83. The summed E-state index contributed by atoms with van der Waals surface area (Å²) in [5.41, 5.74) is 0.409. The zero-order valence-electron chi connectivity index (χ0n) is 12.0. The van der Waals surface area contributed by atoms with Crippen LogP contribution >= 0.6 is 11.6 Å². The van der Waals surface area contributed by atoms with Crippen LogP contribution in [0.1, 0.15) is 25.3 Å².